The van der Waals surface area contributed by atoms with Crippen LogP contribution in [0.25, 0.3) is 11.0 Å². The van der Waals surface area contributed by atoms with Crippen molar-refractivity contribution in [3.63, 3.8) is 0 Å². The Kier molecular flexibility index (Phi) is 4.02. The minimum absolute atomic E-state index is 0.450. The lowest BCUT2D eigenvalue weighted by Gasteiger charge is -2.12. The van der Waals surface area contributed by atoms with E-state index < -0.39 is 0 Å². The quantitative estimate of drug-likeness (QED) is 0.822. The maximum absolute atomic E-state index is 5.56. The van der Waals surface area contributed by atoms with Crippen LogP contribution in [0, 0.1) is 6.92 Å². The van der Waals surface area contributed by atoms with Gasteiger partial charge in [0.25, 0.3) is 0 Å². The van der Waals surface area contributed by atoms with Crippen molar-refractivity contribution in [1.82, 2.24) is 9.55 Å². The monoisotopic (exact) mass is 245 g/mol. The van der Waals surface area contributed by atoms with Crippen LogP contribution in [0.2, 0.25) is 0 Å². The molecule has 0 atom stereocenters. The summed E-state index contributed by atoms with van der Waals surface area (Å²) in [4.78, 5) is 4.79. The van der Waals surface area contributed by atoms with E-state index in [1.165, 1.54) is 16.9 Å². The number of nitrogens with zero attached hydrogens (tertiary/aromatic N) is 2. The van der Waals surface area contributed by atoms with Gasteiger partial charge in [0.15, 0.2) is 0 Å². The molecule has 0 saturated heterocycles. The second-order valence-electron chi connectivity index (χ2n) is 5.23. The molecule has 0 amide bonds. The van der Waals surface area contributed by atoms with Crippen molar-refractivity contribution in [3.05, 3.63) is 29.6 Å². The summed E-state index contributed by atoms with van der Waals surface area (Å²) in [6, 6.07) is 6.96. The molecule has 2 rings (SSSR count). The SMILES string of the molecule is Cc1ccc2c(c1)nc(CCCCN)n2C(C)C. The van der Waals surface area contributed by atoms with Gasteiger partial charge in [0.2, 0.25) is 0 Å². The van der Waals surface area contributed by atoms with E-state index in [0.717, 1.165) is 31.3 Å². The summed E-state index contributed by atoms with van der Waals surface area (Å²) in [7, 11) is 0. The van der Waals surface area contributed by atoms with Gasteiger partial charge in [-0.2, -0.15) is 0 Å². The predicted molar refractivity (Wildman–Crippen MR) is 76.8 cm³/mol. The van der Waals surface area contributed by atoms with E-state index in [1.54, 1.807) is 0 Å². The summed E-state index contributed by atoms with van der Waals surface area (Å²) >= 11 is 0. The zero-order valence-electron chi connectivity index (χ0n) is 11.6. The number of imidazole rings is 1. The molecule has 0 aliphatic heterocycles. The highest BCUT2D eigenvalue weighted by atomic mass is 15.1. The predicted octanol–water partition coefficient (Wildman–Crippen LogP) is 3.21. The molecule has 1 aromatic heterocycles. The number of nitrogens with two attached hydrogens (primary N) is 1. The summed E-state index contributed by atoms with van der Waals surface area (Å²) < 4.78 is 2.35. The van der Waals surface area contributed by atoms with Crippen LogP contribution in [0.1, 0.15) is 44.1 Å². The Hall–Kier alpha value is -1.35. The van der Waals surface area contributed by atoms with Gasteiger partial charge in [-0.25, -0.2) is 4.98 Å². The maximum Gasteiger partial charge on any atom is 0.110 e. The Balaban J connectivity index is 2.41. The molecule has 0 saturated carbocycles. The summed E-state index contributed by atoms with van der Waals surface area (Å²) in [6.45, 7) is 7.31. The number of benzene rings is 1. The number of hydrogen-bond acceptors (Lipinski definition) is 2. The molecular formula is C15H23N3. The van der Waals surface area contributed by atoms with Crippen LogP contribution in [0.3, 0.4) is 0 Å². The second kappa shape index (κ2) is 5.53. The van der Waals surface area contributed by atoms with Crippen LogP contribution in [0.5, 0.6) is 0 Å². The van der Waals surface area contributed by atoms with Crippen LogP contribution >= 0.6 is 0 Å². The molecule has 0 fully saturated rings. The molecule has 0 aliphatic rings. The number of rotatable bonds is 5. The summed E-state index contributed by atoms with van der Waals surface area (Å²) in [5, 5.41) is 0. The highest BCUT2D eigenvalue weighted by Crippen LogP contribution is 2.23. The van der Waals surface area contributed by atoms with Gasteiger partial charge in [-0.1, -0.05) is 6.07 Å². The molecule has 1 heterocycles. The van der Waals surface area contributed by atoms with Crippen LogP contribution in [-0.2, 0) is 6.42 Å². The summed E-state index contributed by atoms with van der Waals surface area (Å²) in [5.74, 6) is 1.19. The van der Waals surface area contributed by atoms with E-state index in [1.807, 2.05) is 0 Å². The third-order valence-electron chi connectivity index (χ3n) is 3.29. The molecule has 2 N–H and O–H groups in total. The highest BCUT2D eigenvalue weighted by molar-refractivity contribution is 5.77. The van der Waals surface area contributed by atoms with Gasteiger partial charge in [-0.15, -0.1) is 0 Å². The van der Waals surface area contributed by atoms with Gasteiger partial charge in [-0.05, 0) is 57.9 Å². The van der Waals surface area contributed by atoms with Gasteiger partial charge in [-0.3, -0.25) is 0 Å². The van der Waals surface area contributed by atoms with E-state index >= 15 is 0 Å². The summed E-state index contributed by atoms with van der Waals surface area (Å²) in [5.41, 5.74) is 9.19. The Morgan fingerprint density at radius 1 is 1.28 bits per heavy atom. The topological polar surface area (TPSA) is 43.8 Å². The lowest BCUT2D eigenvalue weighted by molar-refractivity contribution is 0.571. The molecule has 0 bridgehead atoms. The van der Waals surface area contributed by atoms with Gasteiger partial charge in [0, 0.05) is 12.5 Å². The lowest BCUT2D eigenvalue weighted by Crippen LogP contribution is -2.07. The number of fused-ring (bicyclic) bond motifs is 1. The summed E-state index contributed by atoms with van der Waals surface area (Å²) in [6.07, 6.45) is 3.20. The maximum atomic E-state index is 5.56. The Labute approximate surface area is 109 Å². The average molecular weight is 245 g/mol. The van der Waals surface area contributed by atoms with Gasteiger partial charge in [0.1, 0.15) is 5.82 Å². The molecule has 1 aromatic carbocycles. The first-order valence-corrected chi connectivity index (χ1v) is 6.81. The smallest absolute Gasteiger partial charge is 0.110 e. The van der Waals surface area contributed by atoms with Gasteiger partial charge < -0.3 is 10.3 Å². The highest BCUT2D eigenvalue weighted by Gasteiger charge is 2.12. The Bertz CT molecular complexity index is 526. The van der Waals surface area contributed by atoms with Crippen molar-refractivity contribution in [1.29, 1.82) is 0 Å². The third kappa shape index (κ3) is 2.56. The molecule has 18 heavy (non-hydrogen) atoms. The number of hydrogen-bond donors (Lipinski definition) is 1. The van der Waals surface area contributed by atoms with Crippen molar-refractivity contribution >= 4 is 11.0 Å². The van der Waals surface area contributed by atoms with Crippen LogP contribution in [0.4, 0.5) is 0 Å². The third-order valence-corrected chi connectivity index (χ3v) is 3.29. The van der Waals surface area contributed by atoms with E-state index in [4.69, 9.17) is 10.7 Å². The fourth-order valence-corrected chi connectivity index (χ4v) is 2.44. The van der Waals surface area contributed by atoms with Crippen molar-refractivity contribution < 1.29 is 0 Å². The number of aromatic nitrogens is 2. The van der Waals surface area contributed by atoms with Gasteiger partial charge >= 0.3 is 0 Å². The molecule has 0 aliphatic carbocycles. The molecule has 98 valence electrons. The number of aryl methyl sites for hydroxylation is 2. The Morgan fingerprint density at radius 3 is 2.72 bits per heavy atom. The largest absolute Gasteiger partial charge is 0.330 e. The molecule has 3 heteroatoms. The van der Waals surface area contributed by atoms with Crippen molar-refractivity contribution in [2.75, 3.05) is 6.54 Å². The molecule has 0 radical (unpaired) electrons. The molecular weight excluding hydrogens is 222 g/mol. The zero-order valence-corrected chi connectivity index (χ0v) is 11.6. The minimum atomic E-state index is 0.450. The first kappa shape index (κ1) is 13.1. The molecule has 0 unspecified atom stereocenters. The fourth-order valence-electron chi connectivity index (χ4n) is 2.44. The first-order chi connectivity index (χ1) is 8.63. The second-order valence-corrected chi connectivity index (χ2v) is 5.23. The average Bonchev–Trinajstić information content (AvgIpc) is 2.66. The number of unbranched alkanes of at least 4 members (excludes halogenated alkanes) is 1. The zero-order chi connectivity index (χ0) is 13.1. The van der Waals surface area contributed by atoms with Crippen molar-refractivity contribution in [3.8, 4) is 0 Å². The molecule has 0 spiro atoms. The van der Waals surface area contributed by atoms with Crippen molar-refractivity contribution in [2.45, 2.75) is 46.1 Å². The minimum Gasteiger partial charge on any atom is -0.330 e. The van der Waals surface area contributed by atoms with Crippen LogP contribution < -0.4 is 5.73 Å². The molecule has 2 aromatic rings. The standard InChI is InChI=1S/C15H23N3/c1-11(2)18-14-8-7-12(3)10-13(14)17-15(18)6-4-5-9-16/h7-8,10-11H,4-6,9,16H2,1-3H3. The fraction of sp³-hybridized carbons (Fsp3) is 0.533. The normalized spacial score (nSPS) is 11.6. The van der Waals surface area contributed by atoms with Crippen molar-refractivity contribution in [2.24, 2.45) is 5.73 Å². The van der Waals surface area contributed by atoms with Gasteiger partial charge in [0.05, 0.1) is 11.0 Å². The lowest BCUT2D eigenvalue weighted by atomic mass is 10.2. The van der Waals surface area contributed by atoms with E-state index in [-0.39, 0.29) is 0 Å². The van der Waals surface area contributed by atoms with E-state index in [2.05, 4.69) is 43.5 Å². The first-order valence-electron chi connectivity index (χ1n) is 6.81. The van der Waals surface area contributed by atoms with Crippen LogP contribution in [-0.4, -0.2) is 16.1 Å². The van der Waals surface area contributed by atoms with E-state index in [9.17, 15) is 0 Å². The van der Waals surface area contributed by atoms with E-state index in [0.29, 0.717) is 6.04 Å². The molecule has 3 nitrogen and oxygen atoms in total. The van der Waals surface area contributed by atoms with Crippen LogP contribution in [0.15, 0.2) is 18.2 Å². The Morgan fingerprint density at radius 2 is 2.06 bits per heavy atom.